The average Bonchev–Trinajstić information content (AvgIpc) is 3.26. The van der Waals surface area contributed by atoms with Gasteiger partial charge in [-0.05, 0) is 55.4 Å². The number of H-pyrrole nitrogens is 1. The van der Waals surface area contributed by atoms with Crippen molar-refractivity contribution in [2.45, 2.75) is 25.3 Å². The second kappa shape index (κ2) is 5.27. The first-order chi connectivity index (χ1) is 11.2. The number of hydrogen-bond acceptors (Lipinski definition) is 4. The Kier molecular flexibility index (Phi) is 3.22. The molecule has 0 amide bonds. The third kappa shape index (κ3) is 2.33. The highest BCUT2D eigenvalue weighted by Gasteiger charge is 2.45. The van der Waals surface area contributed by atoms with Gasteiger partial charge >= 0.3 is 5.69 Å². The number of nitrogens with one attached hydrogen (secondary N) is 1. The minimum atomic E-state index is -0.166. The van der Waals surface area contributed by atoms with Gasteiger partial charge in [-0.15, -0.1) is 0 Å². The Labute approximate surface area is 134 Å². The minimum absolute atomic E-state index is 0.124. The molecular weight excluding hydrogens is 290 g/mol. The minimum Gasteiger partial charge on any atom is -0.361 e. The van der Waals surface area contributed by atoms with Gasteiger partial charge in [-0.25, -0.2) is 9.89 Å². The lowest BCUT2D eigenvalue weighted by molar-refractivity contribution is 0.406. The number of aromatic amines is 1. The zero-order valence-corrected chi connectivity index (χ0v) is 13.1. The van der Waals surface area contributed by atoms with Crippen molar-refractivity contribution in [2.75, 3.05) is 11.4 Å². The van der Waals surface area contributed by atoms with Gasteiger partial charge in [0.2, 0.25) is 0 Å². The second-order valence-electron chi connectivity index (χ2n) is 6.53. The Morgan fingerprint density at radius 1 is 1.26 bits per heavy atom. The molecule has 0 bridgehead atoms. The number of anilines is 1. The van der Waals surface area contributed by atoms with Crippen LogP contribution in [0.4, 0.5) is 5.69 Å². The van der Waals surface area contributed by atoms with Crippen LogP contribution >= 0.6 is 0 Å². The molecule has 1 aromatic carbocycles. The van der Waals surface area contributed by atoms with Crippen LogP contribution in [0.25, 0.3) is 0 Å². The zero-order chi connectivity index (χ0) is 16.0. The number of rotatable bonds is 3. The Balaban J connectivity index is 1.74. The first-order valence-electron chi connectivity index (χ1n) is 8.07. The van der Waals surface area contributed by atoms with Crippen LogP contribution in [0.5, 0.6) is 0 Å². The van der Waals surface area contributed by atoms with E-state index in [4.69, 9.17) is 5.26 Å². The van der Waals surface area contributed by atoms with Gasteiger partial charge in [0.1, 0.15) is 0 Å². The van der Waals surface area contributed by atoms with E-state index in [1.807, 2.05) is 24.3 Å². The van der Waals surface area contributed by atoms with Gasteiger partial charge in [0.05, 0.1) is 17.7 Å². The summed E-state index contributed by atoms with van der Waals surface area (Å²) in [6, 6.07) is 9.96. The average molecular weight is 309 g/mol. The van der Waals surface area contributed by atoms with E-state index in [2.05, 4.69) is 21.2 Å². The molecule has 2 atom stereocenters. The summed E-state index contributed by atoms with van der Waals surface area (Å²) in [6.07, 6.45) is 3.68. The molecule has 1 aliphatic carbocycles. The number of aromatic nitrogens is 3. The quantitative estimate of drug-likeness (QED) is 0.940. The zero-order valence-electron chi connectivity index (χ0n) is 13.1. The summed E-state index contributed by atoms with van der Waals surface area (Å²) in [7, 11) is 1.78. The normalized spacial score (nSPS) is 23.9. The number of hydrogen-bond donors (Lipinski definition) is 1. The van der Waals surface area contributed by atoms with Crippen molar-refractivity contribution in [1.82, 2.24) is 14.8 Å². The summed E-state index contributed by atoms with van der Waals surface area (Å²) < 4.78 is 1.63. The van der Waals surface area contributed by atoms with Crippen LogP contribution in [0.1, 0.15) is 36.7 Å². The molecule has 1 saturated carbocycles. The molecule has 6 nitrogen and oxygen atoms in total. The highest BCUT2D eigenvalue weighted by molar-refractivity contribution is 5.52. The maximum atomic E-state index is 11.8. The lowest BCUT2D eigenvalue weighted by atomic mass is 9.94. The topological polar surface area (TPSA) is 77.7 Å². The molecule has 118 valence electrons. The molecule has 2 heterocycles. The Bertz CT molecular complexity index is 809. The van der Waals surface area contributed by atoms with Crippen LogP contribution in [-0.4, -0.2) is 21.3 Å². The molecule has 1 N–H and O–H groups in total. The monoisotopic (exact) mass is 309 g/mol. The van der Waals surface area contributed by atoms with Crippen molar-refractivity contribution in [3.63, 3.8) is 0 Å². The highest BCUT2D eigenvalue weighted by Crippen LogP contribution is 2.50. The van der Waals surface area contributed by atoms with E-state index in [0.29, 0.717) is 11.5 Å². The lowest BCUT2D eigenvalue weighted by Gasteiger charge is -2.29. The lowest BCUT2D eigenvalue weighted by Crippen LogP contribution is -2.29. The smallest absolute Gasteiger partial charge is 0.343 e. The van der Waals surface area contributed by atoms with Crippen LogP contribution in [0, 0.1) is 23.2 Å². The number of nitriles is 1. The fourth-order valence-electron chi connectivity index (χ4n) is 3.81. The summed E-state index contributed by atoms with van der Waals surface area (Å²) in [5.74, 6) is 2.10. The van der Waals surface area contributed by atoms with Crippen molar-refractivity contribution in [1.29, 1.82) is 5.26 Å². The van der Waals surface area contributed by atoms with E-state index in [0.717, 1.165) is 30.4 Å². The van der Waals surface area contributed by atoms with Crippen molar-refractivity contribution in [3.8, 4) is 6.07 Å². The van der Waals surface area contributed by atoms with Crippen molar-refractivity contribution in [2.24, 2.45) is 18.9 Å². The molecule has 2 aromatic rings. The molecular formula is C17H19N5O. The molecule has 23 heavy (non-hydrogen) atoms. The largest absolute Gasteiger partial charge is 0.361 e. The maximum absolute atomic E-state index is 11.8. The Hall–Kier alpha value is -2.55. The van der Waals surface area contributed by atoms with Crippen LogP contribution in [-0.2, 0) is 7.05 Å². The highest BCUT2D eigenvalue weighted by atomic mass is 16.1. The summed E-state index contributed by atoms with van der Waals surface area (Å²) in [4.78, 5) is 14.1. The SMILES string of the molecule is Cn1c(C2C(C3CC3)CCN2c2ccc(C#N)cc2)n[nH]c1=O. The van der Waals surface area contributed by atoms with E-state index in [1.54, 1.807) is 11.6 Å². The van der Waals surface area contributed by atoms with Crippen molar-refractivity contribution < 1.29 is 0 Å². The van der Waals surface area contributed by atoms with E-state index in [-0.39, 0.29) is 11.7 Å². The molecule has 2 unspecified atom stereocenters. The van der Waals surface area contributed by atoms with Gasteiger partial charge in [0.25, 0.3) is 0 Å². The number of benzene rings is 1. The van der Waals surface area contributed by atoms with Gasteiger partial charge < -0.3 is 4.90 Å². The van der Waals surface area contributed by atoms with E-state index >= 15 is 0 Å². The van der Waals surface area contributed by atoms with Crippen LogP contribution in [0.2, 0.25) is 0 Å². The van der Waals surface area contributed by atoms with Gasteiger partial charge in [0, 0.05) is 19.3 Å². The maximum Gasteiger partial charge on any atom is 0.343 e. The van der Waals surface area contributed by atoms with Crippen LogP contribution in [0.3, 0.4) is 0 Å². The molecule has 2 aliphatic rings. The van der Waals surface area contributed by atoms with E-state index in [9.17, 15) is 4.79 Å². The Morgan fingerprint density at radius 3 is 2.57 bits per heavy atom. The van der Waals surface area contributed by atoms with Gasteiger partial charge in [-0.1, -0.05) is 0 Å². The third-order valence-corrected chi connectivity index (χ3v) is 5.18. The molecule has 2 fully saturated rings. The van der Waals surface area contributed by atoms with Crippen LogP contribution < -0.4 is 10.6 Å². The molecule has 1 saturated heterocycles. The summed E-state index contributed by atoms with van der Waals surface area (Å²) in [6.45, 7) is 0.957. The molecule has 4 rings (SSSR count). The fourth-order valence-corrected chi connectivity index (χ4v) is 3.81. The molecule has 6 heteroatoms. The summed E-state index contributed by atoms with van der Waals surface area (Å²) >= 11 is 0. The van der Waals surface area contributed by atoms with Crippen molar-refractivity contribution in [3.05, 3.63) is 46.1 Å². The van der Waals surface area contributed by atoms with Gasteiger partial charge in [-0.2, -0.15) is 10.4 Å². The number of nitrogens with zero attached hydrogens (tertiary/aromatic N) is 4. The molecule has 1 aliphatic heterocycles. The standard InChI is InChI=1S/C17H19N5O/c1-21-16(19-20-17(21)23)15-14(12-4-5-12)8-9-22(15)13-6-2-11(10-18)3-7-13/h2-3,6-7,12,14-15H,4-5,8-9H2,1H3,(H,20,23). The third-order valence-electron chi connectivity index (χ3n) is 5.18. The molecule has 0 radical (unpaired) electrons. The second-order valence-corrected chi connectivity index (χ2v) is 6.53. The fraction of sp³-hybridized carbons (Fsp3) is 0.471. The molecule has 1 aromatic heterocycles. The summed E-state index contributed by atoms with van der Waals surface area (Å²) in [5, 5.41) is 15.8. The summed E-state index contributed by atoms with van der Waals surface area (Å²) in [5.41, 5.74) is 1.59. The molecule has 0 spiro atoms. The first kappa shape index (κ1) is 14.1. The van der Waals surface area contributed by atoms with Gasteiger partial charge in [-0.3, -0.25) is 4.57 Å². The van der Waals surface area contributed by atoms with E-state index in [1.165, 1.54) is 12.8 Å². The predicted octanol–water partition coefficient (Wildman–Crippen LogP) is 1.96. The predicted molar refractivity (Wildman–Crippen MR) is 85.9 cm³/mol. The van der Waals surface area contributed by atoms with Crippen LogP contribution in [0.15, 0.2) is 29.1 Å². The van der Waals surface area contributed by atoms with Gasteiger partial charge in [0.15, 0.2) is 5.82 Å². The Morgan fingerprint density at radius 2 is 2.00 bits per heavy atom. The first-order valence-corrected chi connectivity index (χ1v) is 8.07. The van der Waals surface area contributed by atoms with Crippen molar-refractivity contribution >= 4 is 5.69 Å². The van der Waals surface area contributed by atoms with E-state index < -0.39 is 0 Å².